The fourth-order valence-corrected chi connectivity index (χ4v) is 2.82. The molecule has 1 aliphatic rings. The lowest BCUT2D eigenvalue weighted by atomic mass is 10.0. The molecule has 1 saturated heterocycles. The molecule has 2 N–H and O–H groups in total. The second kappa shape index (κ2) is 3.92. The zero-order chi connectivity index (χ0) is 9.26. The van der Waals surface area contributed by atoms with Crippen LogP contribution in [0.4, 0.5) is 0 Å². The van der Waals surface area contributed by atoms with Crippen molar-refractivity contribution in [2.24, 2.45) is 0 Å². The van der Waals surface area contributed by atoms with E-state index in [0.29, 0.717) is 5.92 Å². The highest BCUT2D eigenvalue weighted by Crippen LogP contribution is 2.32. The van der Waals surface area contributed by atoms with Gasteiger partial charge in [-0.3, -0.25) is 0 Å². The van der Waals surface area contributed by atoms with Gasteiger partial charge in [-0.15, -0.1) is 11.3 Å². The van der Waals surface area contributed by atoms with Gasteiger partial charge in [0, 0.05) is 12.0 Å². The van der Waals surface area contributed by atoms with E-state index in [1.807, 2.05) is 0 Å². The van der Waals surface area contributed by atoms with E-state index in [0.717, 1.165) is 22.3 Å². The Hall–Kier alpha value is -0.160. The van der Waals surface area contributed by atoms with Crippen LogP contribution in [0.3, 0.4) is 0 Å². The van der Waals surface area contributed by atoms with Gasteiger partial charge in [0.25, 0.3) is 0 Å². The Balaban J connectivity index is 2.15. The maximum absolute atomic E-state index is 9.09. The van der Waals surface area contributed by atoms with Crippen LogP contribution in [-0.2, 0) is 0 Å². The van der Waals surface area contributed by atoms with Gasteiger partial charge in [0.15, 0.2) is 0 Å². The van der Waals surface area contributed by atoms with Crippen LogP contribution in [-0.4, -0.2) is 29.3 Å². The first kappa shape index (κ1) is 9.40. The van der Waals surface area contributed by atoms with Crippen molar-refractivity contribution >= 4 is 22.9 Å². The third kappa shape index (κ3) is 1.86. The minimum atomic E-state index is 0.155. The summed E-state index contributed by atoms with van der Waals surface area (Å²) in [5, 5.41) is 13.4. The van der Waals surface area contributed by atoms with E-state index < -0.39 is 0 Å². The van der Waals surface area contributed by atoms with E-state index in [2.05, 4.69) is 10.3 Å². The number of halogens is 1. The molecule has 0 aromatic carbocycles. The molecule has 0 radical (unpaired) electrons. The van der Waals surface area contributed by atoms with Crippen LogP contribution in [0.2, 0.25) is 4.34 Å². The molecule has 2 unspecified atom stereocenters. The molecule has 72 valence electrons. The number of hydrogen-bond acceptors (Lipinski definition) is 4. The summed E-state index contributed by atoms with van der Waals surface area (Å²) >= 11 is 7.31. The molecule has 1 aromatic rings. The second-order valence-electron chi connectivity index (χ2n) is 3.14. The van der Waals surface area contributed by atoms with Gasteiger partial charge in [0.05, 0.1) is 17.8 Å². The first-order valence-corrected chi connectivity index (χ1v) is 5.46. The zero-order valence-electron chi connectivity index (χ0n) is 7.03. The quantitative estimate of drug-likeness (QED) is 0.785. The first-order chi connectivity index (χ1) is 6.31. The van der Waals surface area contributed by atoms with E-state index in [-0.39, 0.29) is 12.6 Å². The topological polar surface area (TPSA) is 45.1 Å². The molecule has 2 heterocycles. The predicted octanol–water partition coefficient (Wildman–Crippen LogP) is 1.23. The highest BCUT2D eigenvalue weighted by atomic mass is 35.5. The summed E-state index contributed by atoms with van der Waals surface area (Å²) in [6, 6.07) is 0.155. The Kier molecular flexibility index (Phi) is 2.83. The smallest absolute Gasteiger partial charge is 0.113 e. The molecule has 0 saturated carbocycles. The molecule has 0 bridgehead atoms. The van der Waals surface area contributed by atoms with Crippen LogP contribution in [0.1, 0.15) is 17.3 Å². The number of aliphatic hydroxyl groups excluding tert-OH is 1. The molecule has 5 heteroatoms. The summed E-state index contributed by atoms with van der Waals surface area (Å²) in [6.07, 6.45) is 2.71. The summed E-state index contributed by atoms with van der Waals surface area (Å²) in [4.78, 5) is 4.23. The monoisotopic (exact) mass is 218 g/mol. The van der Waals surface area contributed by atoms with Crippen LogP contribution in [0, 0.1) is 0 Å². The molecular weight excluding hydrogens is 208 g/mol. The van der Waals surface area contributed by atoms with Crippen LogP contribution in [0.15, 0.2) is 6.20 Å². The molecule has 0 amide bonds. The van der Waals surface area contributed by atoms with Crippen LogP contribution < -0.4 is 5.32 Å². The minimum absolute atomic E-state index is 0.155. The van der Waals surface area contributed by atoms with Gasteiger partial charge in [-0.1, -0.05) is 11.6 Å². The van der Waals surface area contributed by atoms with E-state index in [1.165, 1.54) is 11.3 Å². The summed E-state index contributed by atoms with van der Waals surface area (Å²) in [6.45, 7) is 1.12. The van der Waals surface area contributed by atoms with Crippen molar-refractivity contribution in [1.82, 2.24) is 10.3 Å². The zero-order valence-corrected chi connectivity index (χ0v) is 8.61. The summed E-state index contributed by atoms with van der Waals surface area (Å²) in [5.41, 5.74) is 0. The Morgan fingerprint density at radius 3 is 3.23 bits per heavy atom. The SMILES string of the molecule is OCC1NCCC1c1ncc(Cl)s1. The van der Waals surface area contributed by atoms with Crippen LogP contribution >= 0.6 is 22.9 Å². The predicted molar refractivity (Wildman–Crippen MR) is 53.4 cm³/mol. The van der Waals surface area contributed by atoms with Gasteiger partial charge in [-0.2, -0.15) is 0 Å². The van der Waals surface area contributed by atoms with E-state index in [9.17, 15) is 0 Å². The normalized spacial score (nSPS) is 28.2. The van der Waals surface area contributed by atoms with Crippen molar-refractivity contribution in [3.8, 4) is 0 Å². The van der Waals surface area contributed by atoms with Gasteiger partial charge < -0.3 is 10.4 Å². The van der Waals surface area contributed by atoms with E-state index >= 15 is 0 Å². The molecule has 0 aliphatic carbocycles. The van der Waals surface area contributed by atoms with Gasteiger partial charge in [0.1, 0.15) is 4.34 Å². The largest absolute Gasteiger partial charge is 0.395 e. The molecule has 1 aliphatic heterocycles. The summed E-state index contributed by atoms with van der Waals surface area (Å²) in [5.74, 6) is 0.336. The average Bonchev–Trinajstić information content (AvgIpc) is 2.71. The van der Waals surface area contributed by atoms with Crippen molar-refractivity contribution in [2.45, 2.75) is 18.4 Å². The Morgan fingerprint density at radius 1 is 1.77 bits per heavy atom. The van der Waals surface area contributed by atoms with Crippen LogP contribution in [0.5, 0.6) is 0 Å². The summed E-state index contributed by atoms with van der Waals surface area (Å²) < 4.78 is 0.721. The van der Waals surface area contributed by atoms with Crippen molar-refractivity contribution in [3.63, 3.8) is 0 Å². The molecule has 13 heavy (non-hydrogen) atoms. The number of rotatable bonds is 2. The molecule has 0 spiro atoms. The Morgan fingerprint density at radius 2 is 2.62 bits per heavy atom. The number of nitrogens with one attached hydrogen (secondary N) is 1. The minimum Gasteiger partial charge on any atom is -0.395 e. The number of thiazole rings is 1. The van der Waals surface area contributed by atoms with Gasteiger partial charge in [-0.25, -0.2) is 4.98 Å². The second-order valence-corrected chi connectivity index (χ2v) is 4.83. The lowest BCUT2D eigenvalue weighted by Crippen LogP contribution is -2.29. The van der Waals surface area contributed by atoms with Crippen molar-refractivity contribution < 1.29 is 5.11 Å². The maximum atomic E-state index is 9.09. The average molecular weight is 219 g/mol. The van der Waals surface area contributed by atoms with E-state index in [4.69, 9.17) is 16.7 Å². The fourth-order valence-electron chi connectivity index (χ4n) is 1.69. The molecule has 3 nitrogen and oxygen atoms in total. The van der Waals surface area contributed by atoms with Crippen molar-refractivity contribution in [2.75, 3.05) is 13.2 Å². The molecule has 2 rings (SSSR count). The Labute approximate surface area is 85.8 Å². The molecule has 1 aromatic heterocycles. The van der Waals surface area contributed by atoms with Gasteiger partial charge >= 0.3 is 0 Å². The van der Waals surface area contributed by atoms with Crippen molar-refractivity contribution in [3.05, 3.63) is 15.5 Å². The highest BCUT2D eigenvalue weighted by molar-refractivity contribution is 7.15. The maximum Gasteiger partial charge on any atom is 0.113 e. The molecule has 1 fully saturated rings. The number of nitrogens with zero attached hydrogens (tertiary/aromatic N) is 1. The van der Waals surface area contributed by atoms with Gasteiger partial charge in [0.2, 0.25) is 0 Å². The lowest BCUT2D eigenvalue weighted by molar-refractivity contribution is 0.245. The fraction of sp³-hybridized carbons (Fsp3) is 0.625. The molecule has 2 atom stereocenters. The van der Waals surface area contributed by atoms with E-state index in [1.54, 1.807) is 6.20 Å². The third-order valence-electron chi connectivity index (χ3n) is 2.36. The Bertz CT molecular complexity index is 291. The summed E-state index contributed by atoms with van der Waals surface area (Å²) in [7, 11) is 0. The standard InChI is InChI=1S/C8H11ClN2OS/c9-7-3-11-8(13-7)5-1-2-10-6(5)4-12/h3,5-6,10,12H,1-2,4H2. The molecular formula is C8H11ClN2OS. The number of aromatic nitrogens is 1. The third-order valence-corrected chi connectivity index (χ3v) is 3.60. The lowest BCUT2D eigenvalue weighted by Gasteiger charge is -2.13. The van der Waals surface area contributed by atoms with Crippen molar-refractivity contribution in [1.29, 1.82) is 0 Å². The van der Waals surface area contributed by atoms with Crippen LogP contribution in [0.25, 0.3) is 0 Å². The number of hydrogen-bond donors (Lipinski definition) is 2. The number of aliphatic hydroxyl groups is 1. The van der Waals surface area contributed by atoms with Gasteiger partial charge in [-0.05, 0) is 13.0 Å². The highest BCUT2D eigenvalue weighted by Gasteiger charge is 2.29. The first-order valence-electron chi connectivity index (χ1n) is 4.26.